The Hall–Kier alpha value is -3.55. The first-order valence-electron chi connectivity index (χ1n) is 10.7. The zero-order valence-electron chi connectivity index (χ0n) is 17.8. The Bertz CT molecular complexity index is 1330. The van der Waals surface area contributed by atoms with E-state index in [-0.39, 0.29) is 12.4 Å². The lowest BCUT2D eigenvalue weighted by Crippen LogP contribution is -2.18. The topological polar surface area (TPSA) is 71.4 Å². The number of benzene rings is 3. The maximum atomic E-state index is 14.3. The molecule has 0 amide bonds. The quantitative estimate of drug-likeness (QED) is 0.320. The highest BCUT2D eigenvalue weighted by Crippen LogP contribution is 2.23. The first-order valence-corrected chi connectivity index (χ1v) is 11.1. The van der Waals surface area contributed by atoms with Gasteiger partial charge >= 0.3 is 0 Å². The summed E-state index contributed by atoms with van der Waals surface area (Å²) in [6, 6.07) is 22.5. The molecule has 5 aromatic rings. The highest BCUT2D eigenvalue weighted by Gasteiger charge is 2.15. The van der Waals surface area contributed by atoms with Gasteiger partial charge in [-0.3, -0.25) is 0 Å². The van der Waals surface area contributed by atoms with Gasteiger partial charge in [-0.05, 0) is 24.3 Å². The summed E-state index contributed by atoms with van der Waals surface area (Å²) in [5.74, 6) is 0.566. The Kier molecular flexibility index (Phi) is 6.15. The van der Waals surface area contributed by atoms with Gasteiger partial charge in [-0.15, -0.1) is 0 Å². The normalized spacial score (nSPS) is 11.3. The summed E-state index contributed by atoms with van der Waals surface area (Å²) in [5, 5.41) is 13.1. The molecule has 2 heterocycles. The van der Waals surface area contributed by atoms with Crippen LogP contribution in [0.25, 0.3) is 22.3 Å². The van der Waals surface area contributed by atoms with E-state index in [9.17, 15) is 4.39 Å². The molecule has 0 radical (unpaired) electrons. The van der Waals surface area contributed by atoms with Crippen LogP contribution in [0.4, 0.5) is 4.39 Å². The first-order chi connectivity index (χ1) is 16.2. The molecule has 0 fully saturated rings. The molecule has 0 spiro atoms. The summed E-state index contributed by atoms with van der Waals surface area (Å²) in [7, 11) is 0. The van der Waals surface area contributed by atoms with Gasteiger partial charge in [0.25, 0.3) is 0 Å². The number of hydrogen-bond acceptors (Lipinski definition) is 4. The molecule has 0 aliphatic heterocycles. The summed E-state index contributed by atoms with van der Waals surface area (Å²) in [6.45, 7) is 1.40. The van der Waals surface area contributed by atoms with E-state index in [4.69, 9.17) is 11.6 Å². The molecule has 0 saturated heterocycles. The lowest BCUT2D eigenvalue weighted by atomic mass is 10.1. The van der Waals surface area contributed by atoms with Crippen LogP contribution in [0.3, 0.4) is 0 Å². The molecular formula is C25H22ClFN6. The van der Waals surface area contributed by atoms with E-state index < -0.39 is 0 Å². The second-order valence-electron chi connectivity index (χ2n) is 7.72. The molecule has 2 aromatic heterocycles. The van der Waals surface area contributed by atoms with Gasteiger partial charge in [-0.1, -0.05) is 60.1 Å². The van der Waals surface area contributed by atoms with E-state index in [0.717, 1.165) is 46.8 Å². The fraction of sp³-hybridized carbons (Fsp3) is 0.160. The average Bonchev–Trinajstić information content (AvgIpc) is 3.43. The SMILES string of the molecule is Fc1cccc(Cl)c1Cn1nc(CNCCc2nc3ccccc3[nH]2)c(-c2ccccc2)n1. The van der Waals surface area contributed by atoms with E-state index in [1.165, 1.54) is 10.9 Å². The molecule has 166 valence electrons. The molecule has 0 aliphatic rings. The average molecular weight is 461 g/mol. The fourth-order valence-corrected chi connectivity index (χ4v) is 3.98. The van der Waals surface area contributed by atoms with Gasteiger partial charge in [0.15, 0.2) is 0 Å². The molecule has 2 N–H and O–H groups in total. The maximum absolute atomic E-state index is 14.3. The number of fused-ring (bicyclic) bond motifs is 1. The number of H-pyrrole nitrogens is 1. The molecule has 33 heavy (non-hydrogen) atoms. The van der Waals surface area contributed by atoms with Gasteiger partial charge in [0, 0.05) is 35.7 Å². The Balaban J connectivity index is 1.32. The van der Waals surface area contributed by atoms with Crippen LogP contribution in [0.5, 0.6) is 0 Å². The van der Waals surface area contributed by atoms with E-state index in [2.05, 4.69) is 25.5 Å². The minimum atomic E-state index is -0.369. The molecule has 6 nitrogen and oxygen atoms in total. The number of para-hydroxylation sites is 2. The minimum Gasteiger partial charge on any atom is -0.342 e. The van der Waals surface area contributed by atoms with Crippen LogP contribution in [-0.4, -0.2) is 31.5 Å². The van der Waals surface area contributed by atoms with Crippen LogP contribution in [0.15, 0.2) is 72.8 Å². The molecule has 0 saturated carbocycles. The number of nitrogens with zero attached hydrogens (tertiary/aromatic N) is 4. The third kappa shape index (κ3) is 4.79. The predicted octanol–water partition coefficient (Wildman–Crippen LogP) is 4.99. The molecule has 0 atom stereocenters. The zero-order valence-corrected chi connectivity index (χ0v) is 18.6. The molecule has 0 unspecified atom stereocenters. The fourth-order valence-electron chi connectivity index (χ4n) is 3.75. The van der Waals surface area contributed by atoms with E-state index in [1.54, 1.807) is 12.1 Å². The van der Waals surface area contributed by atoms with E-state index in [0.29, 0.717) is 17.1 Å². The van der Waals surface area contributed by atoms with Gasteiger partial charge in [-0.2, -0.15) is 15.0 Å². The summed E-state index contributed by atoms with van der Waals surface area (Å²) >= 11 is 6.20. The molecular weight excluding hydrogens is 439 g/mol. The van der Waals surface area contributed by atoms with E-state index in [1.807, 2.05) is 54.6 Å². The van der Waals surface area contributed by atoms with Crippen LogP contribution in [0, 0.1) is 5.82 Å². The first kappa shape index (κ1) is 21.3. The van der Waals surface area contributed by atoms with Crippen LogP contribution < -0.4 is 5.32 Å². The number of nitrogens with one attached hydrogen (secondary N) is 2. The van der Waals surface area contributed by atoms with Crippen LogP contribution >= 0.6 is 11.6 Å². The smallest absolute Gasteiger partial charge is 0.129 e. The van der Waals surface area contributed by atoms with Crippen molar-refractivity contribution in [2.75, 3.05) is 6.54 Å². The van der Waals surface area contributed by atoms with Crippen molar-refractivity contribution >= 4 is 22.6 Å². The van der Waals surface area contributed by atoms with Crippen molar-refractivity contribution in [1.29, 1.82) is 0 Å². The lowest BCUT2D eigenvalue weighted by Gasteiger charge is -2.04. The number of halogens is 2. The van der Waals surface area contributed by atoms with Crippen molar-refractivity contribution in [2.45, 2.75) is 19.5 Å². The molecule has 0 bridgehead atoms. The van der Waals surface area contributed by atoms with Gasteiger partial charge < -0.3 is 10.3 Å². The number of imidazole rings is 1. The lowest BCUT2D eigenvalue weighted by molar-refractivity contribution is 0.543. The predicted molar refractivity (Wildman–Crippen MR) is 127 cm³/mol. The Morgan fingerprint density at radius 3 is 2.58 bits per heavy atom. The van der Waals surface area contributed by atoms with Crippen LogP contribution in [-0.2, 0) is 19.5 Å². The second kappa shape index (κ2) is 9.52. The van der Waals surface area contributed by atoms with Gasteiger partial charge in [0.1, 0.15) is 23.0 Å². The summed E-state index contributed by atoms with van der Waals surface area (Å²) in [4.78, 5) is 9.46. The maximum Gasteiger partial charge on any atom is 0.129 e. The van der Waals surface area contributed by atoms with Crippen LogP contribution in [0.2, 0.25) is 5.02 Å². The summed E-state index contributed by atoms with van der Waals surface area (Å²) < 4.78 is 14.3. The highest BCUT2D eigenvalue weighted by molar-refractivity contribution is 6.31. The highest BCUT2D eigenvalue weighted by atomic mass is 35.5. The summed E-state index contributed by atoms with van der Waals surface area (Å²) in [6.07, 6.45) is 0.758. The van der Waals surface area contributed by atoms with Crippen molar-refractivity contribution in [3.8, 4) is 11.3 Å². The number of rotatable bonds is 8. The van der Waals surface area contributed by atoms with Crippen molar-refractivity contribution in [1.82, 2.24) is 30.3 Å². The molecule has 8 heteroatoms. The van der Waals surface area contributed by atoms with Crippen molar-refractivity contribution < 1.29 is 4.39 Å². The minimum absolute atomic E-state index is 0.157. The number of aromatic nitrogens is 5. The van der Waals surface area contributed by atoms with Crippen molar-refractivity contribution in [2.24, 2.45) is 0 Å². The molecule has 5 rings (SSSR count). The number of hydrogen-bond donors (Lipinski definition) is 2. The van der Waals surface area contributed by atoms with Crippen molar-refractivity contribution in [3.63, 3.8) is 0 Å². The monoisotopic (exact) mass is 460 g/mol. The zero-order chi connectivity index (χ0) is 22.6. The largest absolute Gasteiger partial charge is 0.342 e. The van der Waals surface area contributed by atoms with Crippen LogP contribution in [0.1, 0.15) is 17.1 Å². The van der Waals surface area contributed by atoms with E-state index >= 15 is 0 Å². The third-order valence-electron chi connectivity index (χ3n) is 5.40. The van der Waals surface area contributed by atoms with Gasteiger partial charge in [-0.25, -0.2) is 9.37 Å². The van der Waals surface area contributed by atoms with Crippen molar-refractivity contribution in [3.05, 3.63) is 101 Å². The van der Waals surface area contributed by atoms with Gasteiger partial charge in [0.05, 0.1) is 17.6 Å². The Morgan fingerprint density at radius 2 is 1.76 bits per heavy atom. The Labute approximate surface area is 195 Å². The Morgan fingerprint density at radius 1 is 0.939 bits per heavy atom. The summed E-state index contributed by atoms with van der Waals surface area (Å²) in [5.41, 5.74) is 4.88. The standard InChI is InChI=1S/C25H22ClFN6/c26-19-9-6-10-20(27)18(19)16-33-31-23(25(32-33)17-7-2-1-3-8-17)15-28-14-13-24-29-21-11-4-5-12-22(21)30-24/h1-12,28H,13-16H2,(H,29,30). The molecule has 3 aromatic carbocycles. The molecule has 0 aliphatic carbocycles. The second-order valence-corrected chi connectivity index (χ2v) is 8.13. The van der Waals surface area contributed by atoms with Gasteiger partial charge in [0.2, 0.25) is 0 Å². The third-order valence-corrected chi connectivity index (χ3v) is 5.76. The number of aromatic amines is 1.